The van der Waals surface area contributed by atoms with Crippen LogP contribution in [0, 0.1) is 11.8 Å². The first-order valence-electron chi connectivity index (χ1n) is 11.3. The van der Waals surface area contributed by atoms with Crippen LogP contribution in [0.2, 0.25) is 0 Å². The third kappa shape index (κ3) is 6.24. The molecule has 0 bridgehead atoms. The van der Waals surface area contributed by atoms with Crippen molar-refractivity contribution in [2.75, 3.05) is 47.0 Å². The van der Waals surface area contributed by atoms with E-state index in [1.165, 1.54) is 5.56 Å². The zero-order valence-corrected chi connectivity index (χ0v) is 19.7. The summed E-state index contributed by atoms with van der Waals surface area (Å²) in [7, 11) is 3.25. The standard InChI is InChI=1S/C26H36N2O4/c1-19(2)13-28(26(30)18-31-3)16-22-15-27(14-21-8-5-6-11-25(21)29)17-24(22)20-9-7-10-23(12-20)32-4/h5-12,19,22,24,29H,13-18H2,1-4H3/t22-,24-/m1/s1. The summed E-state index contributed by atoms with van der Waals surface area (Å²) in [5.74, 6) is 2.11. The van der Waals surface area contributed by atoms with E-state index < -0.39 is 0 Å². The lowest BCUT2D eigenvalue weighted by molar-refractivity contribution is -0.136. The fourth-order valence-electron chi connectivity index (χ4n) is 4.63. The second kappa shape index (κ2) is 11.3. The summed E-state index contributed by atoms with van der Waals surface area (Å²) in [6.45, 7) is 8.15. The fraction of sp³-hybridized carbons (Fsp3) is 0.500. The monoisotopic (exact) mass is 440 g/mol. The number of para-hydroxylation sites is 1. The number of methoxy groups -OCH3 is 2. The van der Waals surface area contributed by atoms with Gasteiger partial charge in [-0.1, -0.05) is 44.2 Å². The molecular formula is C26H36N2O4. The van der Waals surface area contributed by atoms with Gasteiger partial charge in [0.1, 0.15) is 18.1 Å². The largest absolute Gasteiger partial charge is 0.508 e. The van der Waals surface area contributed by atoms with Crippen molar-refractivity contribution < 1.29 is 19.4 Å². The smallest absolute Gasteiger partial charge is 0.248 e. The van der Waals surface area contributed by atoms with Gasteiger partial charge < -0.3 is 19.5 Å². The van der Waals surface area contributed by atoms with Gasteiger partial charge in [0, 0.05) is 51.3 Å². The minimum atomic E-state index is 0.0322. The zero-order valence-electron chi connectivity index (χ0n) is 19.7. The van der Waals surface area contributed by atoms with E-state index in [0.29, 0.717) is 31.3 Å². The Labute approximate surface area is 191 Å². The molecule has 1 saturated heterocycles. The summed E-state index contributed by atoms with van der Waals surface area (Å²) in [6.07, 6.45) is 0. The van der Waals surface area contributed by atoms with Crippen molar-refractivity contribution in [3.05, 3.63) is 59.7 Å². The molecule has 0 saturated carbocycles. The molecule has 32 heavy (non-hydrogen) atoms. The summed E-state index contributed by atoms with van der Waals surface area (Å²) in [5, 5.41) is 10.3. The Morgan fingerprint density at radius 3 is 2.62 bits per heavy atom. The van der Waals surface area contributed by atoms with E-state index in [1.54, 1.807) is 20.3 Å². The normalized spacial score (nSPS) is 18.8. The van der Waals surface area contributed by atoms with Gasteiger partial charge in [0.2, 0.25) is 5.91 Å². The highest BCUT2D eigenvalue weighted by Gasteiger charge is 2.36. The van der Waals surface area contributed by atoms with Gasteiger partial charge in [0.15, 0.2) is 0 Å². The minimum absolute atomic E-state index is 0.0322. The Bertz CT molecular complexity index is 886. The SMILES string of the molecule is COCC(=O)N(CC(C)C)C[C@H]1CN(Cc2ccccc2O)C[C@@H]1c1cccc(OC)c1. The second-order valence-corrected chi connectivity index (χ2v) is 9.09. The quantitative estimate of drug-likeness (QED) is 0.610. The molecule has 2 atom stereocenters. The highest BCUT2D eigenvalue weighted by atomic mass is 16.5. The number of aromatic hydroxyl groups is 1. The number of rotatable bonds is 10. The van der Waals surface area contributed by atoms with Crippen molar-refractivity contribution in [2.45, 2.75) is 26.3 Å². The van der Waals surface area contributed by atoms with Gasteiger partial charge in [-0.15, -0.1) is 0 Å². The summed E-state index contributed by atoms with van der Waals surface area (Å²) < 4.78 is 10.6. The molecule has 6 heteroatoms. The topological polar surface area (TPSA) is 62.2 Å². The maximum atomic E-state index is 12.8. The lowest BCUT2D eigenvalue weighted by atomic mass is 9.88. The maximum absolute atomic E-state index is 12.8. The van der Waals surface area contributed by atoms with E-state index in [1.807, 2.05) is 35.2 Å². The molecular weight excluding hydrogens is 404 g/mol. The number of amides is 1. The summed E-state index contributed by atoms with van der Waals surface area (Å²) in [6, 6.07) is 15.7. The van der Waals surface area contributed by atoms with Crippen LogP contribution in [0.15, 0.2) is 48.5 Å². The number of carbonyl (C=O) groups is 1. The molecule has 0 radical (unpaired) electrons. The van der Waals surface area contributed by atoms with Crippen molar-refractivity contribution in [1.29, 1.82) is 0 Å². The number of hydrogen-bond acceptors (Lipinski definition) is 5. The van der Waals surface area contributed by atoms with Gasteiger partial charge >= 0.3 is 0 Å². The molecule has 0 unspecified atom stereocenters. The van der Waals surface area contributed by atoms with E-state index in [-0.39, 0.29) is 24.3 Å². The Morgan fingerprint density at radius 2 is 1.94 bits per heavy atom. The zero-order chi connectivity index (χ0) is 23.1. The predicted octanol–water partition coefficient (Wildman–Crippen LogP) is 3.75. The van der Waals surface area contributed by atoms with Crippen molar-refractivity contribution in [3.63, 3.8) is 0 Å². The molecule has 0 aliphatic carbocycles. The number of nitrogens with zero attached hydrogens (tertiary/aromatic N) is 2. The molecule has 3 rings (SSSR count). The second-order valence-electron chi connectivity index (χ2n) is 9.09. The van der Waals surface area contributed by atoms with Crippen LogP contribution in [0.4, 0.5) is 0 Å². The first-order chi connectivity index (χ1) is 15.4. The summed E-state index contributed by atoms with van der Waals surface area (Å²) in [5.41, 5.74) is 2.14. The van der Waals surface area contributed by atoms with Gasteiger partial charge in [-0.3, -0.25) is 9.69 Å². The lowest BCUT2D eigenvalue weighted by Gasteiger charge is -2.30. The van der Waals surface area contributed by atoms with Crippen LogP contribution in [0.5, 0.6) is 11.5 Å². The number of carbonyl (C=O) groups excluding carboxylic acids is 1. The number of ether oxygens (including phenoxy) is 2. The van der Waals surface area contributed by atoms with E-state index in [9.17, 15) is 9.90 Å². The van der Waals surface area contributed by atoms with Crippen molar-refractivity contribution in [2.24, 2.45) is 11.8 Å². The highest BCUT2D eigenvalue weighted by Crippen LogP contribution is 2.36. The molecule has 2 aromatic carbocycles. The van der Waals surface area contributed by atoms with Crippen LogP contribution in [-0.4, -0.2) is 67.8 Å². The molecule has 1 aliphatic rings. The van der Waals surface area contributed by atoms with Crippen LogP contribution >= 0.6 is 0 Å². The molecule has 6 nitrogen and oxygen atoms in total. The molecule has 2 aromatic rings. The first kappa shape index (κ1) is 24.1. The molecule has 174 valence electrons. The molecule has 1 aliphatic heterocycles. The van der Waals surface area contributed by atoms with Gasteiger partial charge in [0.05, 0.1) is 7.11 Å². The van der Waals surface area contributed by atoms with Crippen molar-refractivity contribution in [3.8, 4) is 11.5 Å². The Balaban J connectivity index is 1.84. The Hall–Kier alpha value is -2.57. The van der Waals surface area contributed by atoms with Crippen LogP contribution in [-0.2, 0) is 16.1 Å². The van der Waals surface area contributed by atoms with Gasteiger partial charge in [0.25, 0.3) is 0 Å². The molecule has 1 N–H and O–H groups in total. The highest BCUT2D eigenvalue weighted by molar-refractivity contribution is 5.77. The number of hydrogen-bond donors (Lipinski definition) is 1. The molecule has 1 fully saturated rings. The van der Waals surface area contributed by atoms with E-state index in [4.69, 9.17) is 9.47 Å². The fourth-order valence-corrected chi connectivity index (χ4v) is 4.63. The average molecular weight is 441 g/mol. The van der Waals surface area contributed by atoms with Crippen LogP contribution < -0.4 is 4.74 Å². The number of benzene rings is 2. The first-order valence-corrected chi connectivity index (χ1v) is 11.3. The number of phenolic OH excluding ortho intramolecular Hbond substituents is 1. The summed E-state index contributed by atoms with van der Waals surface area (Å²) >= 11 is 0. The van der Waals surface area contributed by atoms with E-state index >= 15 is 0 Å². The van der Waals surface area contributed by atoms with E-state index in [2.05, 4.69) is 30.9 Å². The number of phenols is 1. The van der Waals surface area contributed by atoms with Crippen LogP contribution in [0.25, 0.3) is 0 Å². The average Bonchev–Trinajstić information content (AvgIpc) is 3.17. The third-order valence-electron chi connectivity index (χ3n) is 6.09. The summed E-state index contributed by atoms with van der Waals surface area (Å²) in [4.78, 5) is 17.1. The third-order valence-corrected chi connectivity index (χ3v) is 6.09. The Morgan fingerprint density at radius 1 is 1.16 bits per heavy atom. The lowest BCUT2D eigenvalue weighted by Crippen LogP contribution is -2.41. The molecule has 1 heterocycles. The molecule has 1 amide bonds. The molecule has 0 spiro atoms. The Kier molecular flexibility index (Phi) is 8.53. The van der Waals surface area contributed by atoms with E-state index in [0.717, 1.165) is 24.4 Å². The van der Waals surface area contributed by atoms with Crippen molar-refractivity contribution >= 4 is 5.91 Å². The van der Waals surface area contributed by atoms with Crippen LogP contribution in [0.1, 0.15) is 30.9 Å². The van der Waals surface area contributed by atoms with Gasteiger partial charge in [-0.25, -0.2) is 0 Å². The van der Waals surface area contributed by atoms with Gasteiger partial charge in [-0.2, -0.15) is 0 Å². The predicted molar refractivity (Wildman–Crippen MR) is 126 cm³/mol. The minimum Gasteiger partial charge on any atom is -0.508 e. The number of likely N-dealkylation sites (tertiary alicyclic amines) is 1. The van der Waals surface area contributed by atoms with Gasteiger partial charge in [-0.05, 0) is 35.6 Å². The molecule has 0 aromatic heterocycles. The van der Waals surface area contributed by atoms with Crippen molar-refractivity contribution in [1.82, 2.24) is 9.80 Å². The van der Waals surface area contributed by atoms with Crippen LogP contribution in [0.3, 0.4) is 0 Å². The maximum Gasteiger partial charge on any atom is 0.248 e.